The molecule has 6 heteroatoms. The summed E-state index contributed by atoms with van der Waals surface area (Å²) in [5.74, 6) is 2.89. The van der Waals surface area contributed by atoms with Gasteiger partial charge in [0.15, 0.2) is 11.8 Å². The molecular weight excluding hydrogens is 300 g/mol. The third kappa shape index (κ3) is 4.13. The fourth-order valence-electron chi connectivity index (χ4n) is 3.07. The Hall–Kier alpha value is -2.37. The van der Waals surface area contributed by atoms with Gasteiger partial charge >= 0.3 is 0 Å². The van der Waals surface area contributed by atoms with Crippen LogP contribution in [-0.4, -0.2) is 27.8 Å². The van der Waals surface area contributed by atoms with Crippen LogP contribution in [0, 0.1) is 6.92 Å². The van der Waals surface area contributed by atoms with Crippen molar-refractivity contribution in [3.05, 3.63) is 47.0 Å². The van der Waals surface area contributed by atoms with Gasteiger partial charge in [-0.3, -0.25) is 4.99 Å². The lowest BCUT2D eigenvalue weighted by atomic mass is 10.1. The maximum atomic E-state index is 4.34. The quantitative estimate of drug-likeness (QED) is 0.667. The number of rotatable bonds is 4. The van der Waals surface area contributed by atoms with Gasteiger partial charge in [0.05, 0.1) is 6.54 Å². The third-order valence-electron chi connectivity index (χ3n) is 4.37. The van der Waals surface area contributed by atoms with Crippen LogP contribution in [0.5, 0.6) is 0 Å². The zero-order valence-corrected chi connectivity index (χ0v) is 14.5. The maximum Gasteiger partial charge on any atom is 0.191 e. The van der Waals surface area contributed by atoms with E-state index in [0.29, 0.717) is 6.54 Å². The molecule has 0 fully saturated rings. The molecule has 24 heavy (non-hydrogen) atoms. The number of hydrogen-bond acceptors (Lipinski definition) is 3. The molecule has 1 aromatic heterocycles. The van der Waals surface area contributed by atoms with E-state index in [1.54, 1.807) is 7.05 Å². The second-order valence-electron chi connectivity index (χ2n) is 6.26. The first-order chi connectivity index (χ1) is 11.8. The second kappa shape index (κ2) is 7.95. The lowest BCUT2D eigenvalue weighted by Crippen LogP contribution is -2.37. The van der Waals surface area contributed by atoms with Crippen molar-refractivity contribution in [2.75, 3.05) is 7.05 Å². The van der Waals surface area contributed by atoms with Gasteiger partial charge in [0, 0.05) is 26.6 Å². The zero-order valence-electron chi connectivity index (χ0n) is 14.5. The van der Waals surface area contributed by atoms with Crippen LogP contribution >= 0.6 is 0 Å². The Kier molecular flexibility index (Phi) is 5.46. The van der Waals surface area contributed by atoms with Gasteiger partial charge in [-0.05, 0) is 25.3 Å². The lowest BCUT2D eigenvalue weighted by molar-refractivity contribution is 0.596. The van der Waals surface area contributed by atoms with Gasteiger partial charge in [0.25, 0.3) is 0 Å². The van der Waals surface area contributed by atoms with Crippen molar-refractivity contribution in [3.8, 4) is 0 Å². The minimum absolute atomic E-state index is 0.639. The summed E-state index contributed by atoms with van der Waals surface area (Å²) < 4.78 is 2.26. The largest absolute Gasteiger partial charge is 0.352 e. The summed E-state index contributed by atoms with van der Waals surface area (Å²) in [6.07, 6.45) is 4.73. The Morgan fingerprint density at radius 3 is 2.88 bits per heavy atom. The molecule has 2 aromatic rings. The molecule has 0 saturated heterocycles. The second-order valence-corrected chi connectivity index (χ2v) is 6.26. The highest BCUT2D eigenvalue weighted by molar-refractivity contribution is 5.79. The van der Waals surface area contributed by atoms with Crippen LogP contribution in [0.15, 0.2) is 29.3 Å². The van der Waals surface area contributed by atoms with Crippen LogP contribution in [-0.2, 0) is 26.1 Å². The van der Waals surface area contributed by atoms with E-state index in [9.17, 15) is 0 Å². The average molecular weight is 326 g/mol. The van der Waals surface area contributed by atoms with Crippen LogP contribution in [0.4, 0.5) is 0 Å². The molecule has 0 radical (unpaired) electrons. The van der Waals surface area contributed by atoms with Crippen molar-refractivity contribution in [1.29, 1.82) is 0 Å². The minimum atomic E-state index is 0.639. The van der Waals surface area contributed by atoms with Crippen LogP contribution in [0.3, 0.4) is 0 Å². The van der Waals surface area contributed by atoms with Crippen LogP contribution in [0.2, 0.25) is 0 Å². The highest BCUT2D eigenvalue weighted by Crippen LogP contribution is 2.14. The molecule has 6 nitrogen and oxygen atoms in total. The predicted molar refractivity (Wildman–Crippen MR) is 95.8 cm³/mol. The van der Waals surface area contributed by atoms with Gasteiger partial charge in [-0.25, -0.2) is 0 Å². The zero-order chi connectivity index (χ0) is 16.8. The molecule has 2 N–H and O–H groups in total. The number of aryl methyl sites for hydroxylation is 2. The van der Waals surface area contributed by atoms with E-state index < -0.39 is 0 Å². The van der Waals surface area contributed by atoms with Gasteiger partial charge in [-0.2, -0.15) is 0 Å². The molecule has 0 unspecified atom stereocenters. The van der Waals surface area contributed by atoms with Crippen LogP contribution in [0.25, 0.3) is 0 Å². The topological polar surface area (TPSA) is 67.1 Å². The van der Waals surface area contributed by atoms with Gasteiger partial charge in [0.2, 0.25) is 0 Å². The van der Waals surface area contributed by atoms with Crippen molar-refractivity contribution in [2.24, 2.45) is 4.99 Å². The van der Waals surface area contributed by atoms with Gasteiger partial charge in [-0.1, -0.05) is 36.2 Å². The summed E-state index contributed by atoms with van der Waals surface area (Å²) in [5, 5.41) is 15.4. The van der Waals surface area contributed by atoms with Gasteiger partial charge < -0.3 is 15.2 Å². The fourth-order valence-corrected chi connectivity index (χ4v) is 3.07. The summed E-state index contributed by atoms with van der Waals surface area (Å²) in [4.78, 5) is 4.29. The van der Waals surface area contributed by atoms with E-state index in [1.165, 1.54) is 30.4 Å². The molecule has 1 aromatic carbocycles. The Morgan fingerprint density at radius 1 is 1.17 bits per heavy atom. The normalized spacial score (nSPS) is 14.8. The van der Waals surface area contributed by atoms with Crippen molar-refractivity contribution in [2.45, 2.75) is 52.2 Å². The third-order valence-corrected chi connectivity index (χ3v) is 4.37. The predicted octanol–water partition coefficient (Wildman–Crippen LogP) is 2.18. The van der Waals surface area contributed by atoms with E-state index in [1.807, 2.05) is 0 Å². The number of fused-ring (bicyclic) bond motifs is 1. The molecule has 0 spiro atoms. The van der Waals surface area contributed by atoms with E-state index in [2.05, 4.69) is 61.6 Å². The number of benzene rings is 1. The summed E-state index contributed by atoms with van der Waals surface area (Å²) in [5.41, 5.74) is 2.51. The van der Waals surface area contributed by atoms with E-state index in [-0.39, 0.29) is 0 Å². The summed E-state index contributed by atoms with van der Waals surface area (Å²) in [6.45, 7) is 4.52. The molecule has 0 atom stereocenters. The Bertz CT molecular complexity index is 703. The van der Waals surface area contributed by atoms with Crippen molar-refractivity contribution >= 4 is 5.96 Å². The number of hydrogen-bond donors (Lipinski definition) is 2. The molecule has 2 heterocycles. The smallest absolute Gasteiger partial charge is 0.191 e. The molecule has 1 aliphatic rings. The number of aromatic nitrogens is 3. The highest BCUT2D eigenvalue weighted by Gasteiger charge is 2.14. The molecule has 0 bridgehead atoms. The van der Waals surface area contributed by atoms with Gasteiger partial charge in [0.1, 0.15) is 5.82 Å². The van der Waals surface area contributed by atoms with E-state index >= 15 is 0 Å². The maximum absolute atomic E-state index is 4.34. The van der Waals surface area contributed by atoms with Crippen LogP contribution in [0.1, 0.15) is 42.0 Å². The molecule has 0 amide bonds. The summed E-state index contributed by atoms with van der Waals surface area (Å²) >= 11 is 0. The molecule has 3 rings (SSSR count). The molecule has 1 aliphatic heterocycles. The highest BCUT2D eigenvalue weighted by atomic mass is 15.3. The Labute approximate surface area is 143 Å². The minimum Gasteiger partial charge on any atom is -0.352 e. The van der Waals surface area contributed by atoms with Crippen molar-refractivity contribution < 1.29 is 0 Å². The first-order valence-electron chi connectivity index (χ1n) is 8.67. The monoisotopic (exact) mass is 326 g/mol. The SMILES string of the molecule is CN=C(NCc1cccc(C)c1)NCc1nnc2n1CCCCC2. The Balaban J connectivity index is 1.56. The molecule has 0 saturated carbocycles. The first-order valence-corrected chi connectivity index (χ1v) is 8.67. The van der Waals surface area contributed by atoms with Gasteiger partial charge in [-0.15, -0.1) is 10.2 Å². The number of nitrogens with one attached hydrogen (secondary N) is 2. The average Bonchev–Trinajstić information content (AvgIpc) is 2.82. The first kappa shape index (κ1) is 16.5. The van der Waals surface area contributed by atoms with Crippen molar-refractivity contribution in [1.82, 2.24) is 25.4 Å². The summed E-state index contributed by atoms with van der Waals surface area (Å²) in [6, 6.07) is 8.48. The number of aliphatic imine (C=N–C) groups is 1. The summed E-state index contributed by atoms with van der Waals surface area (Å²) in [7, 11) is 1.79. The standard InChI is InChI=1S/C18H26N6/c1-14-7-6-8-15(11-14)12-20-18(19-2)21-13-17-23-22-16-9-4-3-5-10-24(16)17/h6-8,11H,3-5,9-10,12-13H2,1-2H3,(H2,19,20,21). The molecule has 128 valence electrons. The number of nitrogens with zero attached hydrogens (tertiary/aromatic N) is 4. The van der Waals surface area contributed by atoms with Crippen LogP contribution < -0.4 is 10.6 Å². The van der Waals surface area contributed by atoms with Crippen molar-refractivity contribution in [3.63, 3.8) is 0 Å². The molecule has 0 aliphatic carbocycles. The van der Waals surface area contributed by atoms with E-state index in [0.717, 1.165) is 37.1 Å². The number of guanidine groups is 1. The lowest BCUT2D eigenvalue weighted by Gasteiger charge is -2.13. The van der Waals surface area contributed by atoms with E-state index in [4.69, 9.17) is 0 Å². The Morgan fingerprint density at radius 2 is 2.04 bits per heavy atom. The molecular formula is C18H26N6. The fraction of sp³-hybridized carbons (Fsp3) is 0.500.